The first-order valence-electron chi connectivity index (χ1n) is 26.1. The van der Waals surface area contributed by atoms with Crippen molar-refractivity contribution in [3.8, 4) is 0 Å². The van der Waals surface area contributed by atoms with Crippen molar-refractivity contribution in [1.82, 2.24) is 0 Å². The van der Waals surface area contributed by atoms with E-state index in [9.17, 15) is 4.79 Å². The molecule has 1 nitrogen and oxygen atoms in total. The van der Waals surface area contributed by atoms with Crippen LogP contribution in [0.15, 0.2) is 104 Å². The summed E-state index contributed by atoms with van der Waals surface area (Å²) < 4.78 is 0. The number of aryl methyl sites for hydroxylation is 6. The van der Waals surface area contributed by atoms with E-state index in [0.29, 0.717) is 5.78 Å². The highest BCUT2D eigenvalue weighted by Gasteiger charge is 2.15. The molecule has 8 rings (SSSR count). The molecule has 0 fully saturated rings. The van der Waals surface area contributed by atoms with Crippen LogP contribution < -0.4 is 0 Å². The molecule has 65 heavy (non-hydrogen) atoms. The number of carbonyl (C=O) groups excluding carboxylic acids is 1. The molecule has 0 saturated heterocycles. The largest absolute Gasteiger partial charge is 0.294 e. The number of Topliss-reactive ketones (excluding diaryl/α,β-unsaturated/α-hetero) is 1. The van der Waals surface area contributed by atoms with Crippen molar-refractivity contribution in [2.45, 2.75) is 223 Å². The van der Waals surface area contributed by atoms with Gasteiger partial charge in [0.2, 0.25) is 0 Å². The Balaban J connectivity index is -0.000000212. The van der Waals surface area contributed by atoms with Crippen molar-refractivity contribution in [3.63, 3.8) is 0 Å². The number of hydrogen-bond acceptors (Lipinski definition) is 1. The first-order chi connectivity index (χ1) is 30.6. The lowest BCUT2D eigenvalue weighted by Crippen LogP contribution is -2.09. The molecule has 0 spiro atoms. The van der Waals surface area contributed by atoms with Gasteiger partial charge in [-0.15, -0.1) is 0 Å². The molecule has 0 aliphatic heterocycles. The highest BCUT2D eigenvalue weighted by atomic mass is 16.1. The van der Waals surface area contributed by atoms with Gasteiger partial charge in [-0.2, -0.15) is 0 Å². The second-order valence-corrected chi connectivity index (χ2v) is 18.2. The van der Waals surface area contributed by atoms with Gasteiger partial charge in [0.15, 0.2) is 5.78 Å². The van der Waals surface area contributed by atoms with Gasteiger partial charge in [-0.25, -0.2) is 0 Å². The van der Waals surface area contributed by atoms with Gasteiger partial charge in [0, 0.05) is 12.0 Å². The number of hydrogen-bond donors (Lipinski definition) is 0. The fraction of sp³-hybridized carbons (Fsp3) is 0.578. The monoisotopic (exact) mass is 895 g/mol. The summed E-state index contributed by atoms with van der Waals surface area (Å²) in [4.78, 5) is 11.3. The molecule has 4 aliphatic carbocycles. The second-order valence-electron chi connectivity index (χ2n) is 18.2. The molecule has 0 N–H and O–H groups in total. The van der Waals surface area contributed by atoms with Crippen LogP contribution in [0.5, 0.6) is 0 Å². The average molecular weight is 896 g/mol. The van der Waals surface area contributed by atoms with Crippen LogP contribution in [-0.4, -0.2) is 5.78 Å². The summed E-state index contributed by atoms with van der Waals surface area (Å²) in [6.07, 6.45) is 14.5. The third kappa shape index (κ3) is 39.2. The van der Waals surface area contributed by atoms with Crippen LogP contribution in [-0.2, 0) is 38.5 Å². The van der Waals surface area contributed by atoms with Gasteiger partial charge in [0.25, 0.3) is 0 Å². The summed E-state index contributed by atoms with van der Waals surface area (Å²) in [5, 5.41) is 0. The maximum absolute atomic E-state index is 11.3. The Hall–Kier alpha value is -3.71. The normalized spacial score (nSPS) is 12.4. The predicted molar refractivity (Wildman–Crippen MR) is 303 cm³/mol. The minimum Gasteiger partial charge on any atom is -0.294 e. The third-order valence-electron chi connectivity index (χ3n) is 8.53. The topological polar surface area (TPSA) is 17.1 Å². The van der Waals surface area contributed by atoms with Crippen molar-refractivity contribution < 1.29 is 4.79 Å². The van der Waals surface area contributed by atoms with Crippen molar-refractivity contribution in [2.24, 2.45) is 23.7 Å². The Morgan fingerprint density at radius 1 is 0.323 bits per heavy atom. The van der Waals surface area contributed by atoms with Gasteiger partial charge in [0.1, 0.15) is 0 Å². The Morgan fingerprint density at radius 3 is 0.862 bits per heavy atom. The van der Waals surface area contributed by atoms with Gasteiger partial charge in [-0.05, 0) is 139 Å². The zero-order chi connectivity index (χ0) is 49.9. The van der Waals surface area contributed by atoms with Crippen molar-refractivity contribution >= 4 is 11.4 Å². The maximum Gasteiger partial charge on any atom is 0.163 e. The lowest BCUT2D eigenvalue weighted by molar-refractivity contribution is 0.0972. The molecule has 0 atom stereocenters. The summed E-state index contributed by atoms with van der Waals surface area (Å²) >= 11 is 0. The Kier molecular flexibility index (Phi) is 52.2. The third-order valence-corrected chi connectivity index (χ3v) is 8.53. The van der Waals surface area contributed by atoms with E-state index in [4.69, 9.17) is 0 Å². The van der Waals surface area contributed by atoms with Crippen molar-refractivity contribution in [1.29, 1.82) is 0 Å². The molecule has 0 saturated carbocycles. The molecule has 0 unspecified atom stereocenters. The number of rotatable bonds is 0. The standard InChI is InChI=1S/C10H10O.C10H10.C10H12.C9H10.4C4H10.4C2H6.CH4/c11-10-7-3-5-8-4-1-2-6-9(8)10;1-8-6-7-9-4-2-3-5-10(8)9;1-2-6-10-8-4-3-7-9(10)5-1;1-2-5-9-7-3-6-8(9)4-1;4*1-4(2)3;4*1-2;/h1-2,4,6H,3,5,7H2;2-5H,1,6-7H2;1-2,5-6H,3-4,7-8H2;1-2,4-5H,3,6-7H2;4*4H,1-3H3;4*1-2H3;1H4. The second kappa shape index (κ2) is 48.2. The van der Waals surface area contributed by atoms with Crippen molar-refractivity contribution in [2.75, 3.05) is 0 Å². The molecular formula is C64H110O. The minimum absolute atomic E-state index is 0. The number of ketones is 1. The van der Waals surface area contributed by atoms with E-state index in [1.807, 2.05) is 79.7 Å². The molecule has 0 aromatic heterocycles. The first-order valence-corrected chi connectivity index (χ1v) is 26.1. The van der Waals surface area contributed by atoms with Crippen LogP contribution in [0.3, 0.4) is 0 Å². The van der Waals surface area contributed by atoms with E-state index in [0.717, 1.165) is 54.9 Å². The van der Waals surface area contributed by atoms with Crippen molar-refractivity contribution in [3.05, 3.63) is 148 Å². The van der Waals surface area contributed by atoms with E-state index < -0.39 is 0 Å². The molecule has 4 aromatic carbocycles. The molecule has 0 heterocycles. The van der Waals surface area contributed by atoms with Gasteiger partial charge in [-0.1, -0.05) is 250 Å². The maximum atomic E-state index is 11.3. The lowest BCUT2D eigenvalue weighted by atomic mass is 9.91. The van der Waals surface area contributed by atoms with Gasteiger partial charge < -0.3 is 0 Å². The smallest absolute Gasteiger partial charge is 0.163 e. The molecule has 0 bridgehead atoms. The number of allylic oxidation sites excluding steroid dienone is 1. The fourth-order valence-electron chi connectivity index (χ4n) is 6.28. The summed E-state index contributed by atoms with van der Waals surface area (Å²) in [6.45, 7) is 46.0. The Morgan fingerprint density at radius 2 is 0.554 bits per heavy atom. The van der Waals surface area contributed by atoms with E-state index in [1.165, 1.54) is 73.6 Å². The summed E-state index contributed by atoms with van der Waals surface area (Å²) in [7, 11) is 0. The van der Waals surface area contributed by atoms with E-state index >= 15 is 0 Å². The summed E-state index contributed by atoms with van der Waals surface area (Å²) in [5.41, 5.74) is 12.6. The van der Waals surface area contributed by atoms with Crippen LogP contribution >= 0.6 is 0 Å². The van der Waals surface area contributed by atoms with E-state index in [1.54, 1.807) is 22.3 Å². The molecule has 0 amide bonds. The zero-order valence-corrected chi connectivity index (χ0v) is 46.1. The Bertz CT molecular complexity index is 1550. The number of benzene rings is 4. The van der Waals surface area contributed by atoms with Gasteiger partial charge in [-0.3, -0.25) is 4.79 Å². The van der Waals surface area contributed by atoms with Crippen LogP contribution in [0.1, 0.15) is 234 Å². The van der Waals surface area contributed by atoms with Crippen LogP contribution in [0.4, 0.5) is 0 Å². The average Bonchev–Trinajstić information content (AvgIpc) is 3.93. The zero-order valence-electron chi connectivity index (χ0n) is 46.1. The van der Waals surface area contributed by atoms with Crippen LogP contribution in [0.2, 0.25) is 0 Å². The molecule has 0 radical (unpaired) electrons. The van der Waals surface area contributed by atoms with Crippen LogP contribution in [0, 0.1) is 23.7 Å². The van der Waals surface area contributed by atoms with Gasteiger partial charge >= 0.3 is 0 Å². The minimum atomic E-state index is 0. The number of fused-ring (bicyclic) bond motifs is 4. The molecule has 4 aromatic rings. The lowest BCUT2D eigenvalue weighted by Gasteiger charge is -2.13. The summed E-state index contributed by atoms with van der Waals surface area (Å²) in [6, 6.07) is 34.0. The molecule has 4 aliphatic rings. The first kappa shape index (κ1) is 70.3. The SMILES string of the molecule is C.C=C1CCc2ccccc21.CC.CC.CC.CC.CC(C)C.CC(C)C.CC(C)C.CC(C)C.O=C1CCCc2ccccc21.c1ccc2c(c1)CCC2.c1ccc2c(c1)CCCC2. The van der Waals surface area contributed by atoms with Crippen LogP contribution in [0.25, 0.3) is 5.57 Å². The molecule has 372 valence electrons. The number of carbonyl (C=O) groups is 1. The highest BCUT2D eigenvalue weighted by molar-refractivity contribution is 5.98. The van der Waals surface area contributed by atoms with E-state index in [2.05, 4.69) is 162 Å². The highest BCUT2D eigenvalue weighted by Crippen LogP contribution is 2.29. The summed E-state index contributed by atoms with van der Waals surface area (Å²) in [5.74, 6) is 3.65. The molecule has 1 heteroatoms. The fourth-order valence-corrected chi connectivity index (χ4v) is 6.28. The quantitative estimate of drug-likeness (QED) is 0.172. The predicted octanol–water partition coefficient (Wildman–Crippen LogP) is 21.0. The van der Waals surface area contributed by atoms with E-state index in [-0.39, 0.29) is 7.43 Å². The van der Waals surface area contributed by atoms with Gasteiger partial charge in [0.05, 0.1) is 0 Å². The molecular weight excluding hydrogens is 785 g/mol. The Labute approximate surface area is 409 Å².